The molecule has 0 aliphatic heterocycles. The van der Waals surface area contributed by atoms with Crippen molar-refractivity contribution >= 4 is 28.2 Å². The SMILES string of the molecule is c1ccc2nc(NCc3nccs3)cnc2c1. The van der Waals surface area contributed by atoms with Crippen molar-refractivity contribution in [2.24, 2.45) is 0 Å². The number of hydrogen-bond acceptors (Lipinski definition) is 5. The summed E-state index contributed by atoms with van der Waals surface area (Å²) in [5, 5.41) is 6.22. The number of thiazole rings is 1. The number of rotatable bonds is 3. The molecule has 84 valence electrons. The van der Waals surface area contributed by atoms with E-state index < -0.39 is 0 Å². The van der Waals surface area contributed by atoms with Gasteiger partial charge in [0, 0.05) is 11.6 Å². The number of benzene rings is 1. The molecule has 0 saturated carbocycles. The lowest BCUT2D eigenvalue weighted by Gasteiger charge is -2.03. The number of nitrogens with one attached hydrogen (secondary N) is 1. The zero-order valence-corrected chi connectivity index (χ0v) is 9.81. The Labute approximate surface area is 102 Å². The van der Waals surface area contributed by atoms with Crippen molar-refractivity contribution in [2.45, 2.75) is 6.54 Å². The van der Waals surface area contributed by atoms with Gasteiger partial charge in [-0.25, -0.2) is 9.97 Å². The Bertz CT molecular complexity index is 621. The number of anilines is 1. The van der Waals surface area contributed by atoms with Crippen LogP contribution < -0.4 is 5.32 Å². The molecule has 1 aromatic carbocycles. The lowest BCUT2D eigenvalue weighted by Crippen LogP contribution is -2.01. The summed E-state index contributed by atoms with van der Waals surface area (Å²) in [4.78, 5) is 13.0. The van der Waals surface area contributed by atoms with Crippen molar-refractivity contribution in [1.82, 2.24) is 15.0 Å². The van der Waals surface area contributed by atoms with Gasteiger partial charge in [-0.2, -0.15) is 0 Å². The van der Waals surface area contributed by atoms with Crippen LogP contribution in [0.4, 0.5) is 5.82 Å². The largest absolute Gasteiger partial charge is 0.362 e. The van der Waals surface area contributed by atoms with Crippen LogP contribution in [0.25, 0.3) is 11.0 Å². The first-order valence-corrected chi connectivity index (χ1v) is 6.14. The van der Waals surface area contributed by atoms with Gasteiger partial charge >= 0.3 is 0 Å². The molecule has 2 heterocycles. The van der Waals surface area contributed by atoms with E-state index in [1.54, 1.807) is 23.7 Å². The molecule has 0 unspecified atom stereocenters. The highest BCUT2D eigenvalue weighted by atomic mass is 32.1. The second kappa shape index (κ2) is 4.47. The van der Waals surface area contributed by atoms with Crippen molar-refractivity contribution in [3.8, 4) is 0 Å². The minimum Gasteiger partial charge on any atom is -0.362 e. The summed E-state index contributed by atoms with van der Waals surface area (Å²) in [5.41, 5.74) is 1.81. The van der Waals surface area contributed by atoms with E-state index >= 15 is 0 Å². The van der Waals surface area contributed by atoms with Crippen molar-refractivity contribution in [2.75, 3.05) is 5.32 Å². The molecular weight excluding hydrogens is 232 g/mol. The minimum atomic E-state index is 0.685. The van der Waals surface area contributed by atoms with Crippen LogP contribution in [0.5, 0.6) is 0 Å². The van der Waals surface area contributed by atoms with Crippen LogP contribution >= 0.6 is 11.3 Å². The summed E-state index contributed by atoms with van der Waals surface area (Å²) in [6.45, 7) is 0.685. The average Bonchev–Trinajstić information content (AvgIpc) is 2.89. The van der Waals surface area contributed by atoms with Gasteiger partial charge in [0.25, 0.3) is 0 Å². The highest BCUT2D eigenvalue weighted by molar-refractivity contribution is 7.09. The summed E-state index contributed by atoms with van der Waals surface area (Å²) in [5.74, 6) is 0.777. The number of aromatic nitrogens is 3. The molecule has 3 aromatic rings. The number of para-hydroxylation sites is 2. The fraction of sp³-hybridized carbons (Fsp3) is 0.0833. The summed E-state index contributed by atoms with van der Waals surface area (Å²) in [6, 6.07) is 7.82. The molecule has 0 aliphatic rings. The van der Waals surface area contributed by atoms with E-state index in [0.29, 0.717) is 6.54 Å². The molecule has 17 heavy (non-hydrogen) atoms. The zero-order chi connectivity index (χ0) is 11.5. The second-order valence-electron chi connectivity index (χ2n) is 3.52. The van der Waals surface area contributed by atoms with Crippen molar-refractivity contribution in [1.29, 1.82) is 0 Å². The van der Waals surface area contributed by atoms with Crippen LogP contribution in [0.3, 0.4) is 0 Å². The van der Waals surface area contributed by atoms with Crippen molar-refractivity contribution in [3.05, 3.63) is 47.0 Å². The zero-order valence-electron chi connectivity index (χ0n) is 9.00. The molecule has 0 radical (unpaired) electrons. The number of nitrogens with zero attached hydrogens (tertiary/aromatic N) is 3. The maximum absolute atomic E-state index is 4.48. The van der Waals surface area contributed by atoms with Crippen LogP contribution in [0.15, 0.2) is 42.0 Å². The standard InChI is InChI=1S/C12H10N4S/c1-2-4-10-9(3-1)14-7-11(16-10)15-8-12-13-5-6-17-12/h1-7H,8H2,(H,15,16). The molecule has 1 N–H and O–H groups in total. The Hall–Kier alpha value is -2.01. The Morgan fingerprint density at radius 2 is 2.00 bits per heavy atom. The van der Waals surface area contributed by atoms with Gasteiger partial charge in [0.05, 0.1) is 23.8 Å². The lowest BCUT2D eigenvalue weighted by atomic mass is 10.3. The van der Waals surface area contributed by atoms with Gasteiger partial charge in [-0.3, -0.25) is 4.98 Å². The molecule has 0 bridgehead atoms. The van der Waals surface area contributed by atoms with Gasteiger partial charge < -0.3 is 5.32 Å². The predicted octanol–water partition coefficient (Wildman–Crippen LogP) is 2.70. The minimum absolute atomic E-state index is 0.685. The third-order valence-electron chi connectivity index (χ3n) is 2.35. The van der Waals surface area contributed by atoms with Crippen LogP contribution in [0.1, 0.15) is 5.01 Å². The molecule has 0 aliphatic carbocycles. The topological polar surface area (TPSA) is 50.7 Å². The van der Waals surface area contributed by atoms with E-state index in [1.807, 2.05) is 29.6 Å². The molecule has 4 nitrogen and oxygen atoms in total. The highest BCUT2D eigenvalue weighted by Gasteiger charge is 1.99. The third-order valence-corrected chi connectivity index (χ3v) is 3.13. The number of hydrogen-bond donors (Lipinski definition) is 1. The van der Waals surface area contributed by atoms with Crippen molar-refractivity contribution < 1.29 is 0 Å². The maximum atomic E-state index is 4.48. The first-order chi connectivity index (χ1) is 8.42. The maximum Gasteiger partial charge on any atom is 0.145 e. The van der Waals surface area contributed by atoms with E-state index in [2.05, 4.69) is 20.3 Å². The predicted molar refractivity (Wildman–Crippen MR) is 69.0 cm³/mol. The Kier molecular flexibility index (Phi) is 2.67. The molecule has 3 rings (SSSR count). The molecule has 0 amide bonds. The smallest absolute Gasteiger partial charge is 0.145 e. The van der Waals surface area contributed by atoms with E-state index in [4.69, 9.17) is 0 Å². The Morgan fingerprint density at radius 3 is 2.82 bits per heavy atom. The quantitative estimate of drug-likeness (QED) is 0.767. The van der Waals surface area contributed by atoms with Gasteiger partial charge in [0.15, 0.2) is 0 Å². The molecule has 0 fully saturated rings. The normalized spacial score (nSPS) is 10.6. The van der Waals surface area contributed by atoms with E-state index in [1.165, 1.54) is 0 Å². The van der Waals surface area contributed by atoms with Gasteiger partial charge in [-0.15, -0.1) is 11.3 Å². The summed E-state index contributed by atoms with van der Waals surface area (Å²) < 4.78 is 0. The lowest BCUT2D eigenvalue weighted by molar-refractivity contribution is 1.08. The first kappa shape index (κ1) is 10.2. The van der Waals surface area contributed by atoms with E-state index in [-0.39, 0.29) is 0 Å². The van der Waals surface area contributed by atoms with Crippen LogP contribution in [-0.2, 0) is 6.54 Å². The monoisotopic (exact) mass is 242 g/mol. The van der Waals surface area contributed by atoms with Gasteiger partial charge in [0.2, 0.25) is 0 Å². The van der Waals surface area contributed by atoms with E-state index in [0.717, 1.165) is 21.9 Å². The average molecular weight is 242 g/mol. The number of fused-ring (bicyclic) bond motifs is 1. The molecule has 0 saturated heterocycles. The van der Waals surface area contributed by atoms with Crippen LogP contribution in [0, 0.1) is 0 Å². The second-order valence-corrected chi connectivity index (χ2v) is 4.50. The van der Waals surface area contributed by atoms with Crippen LogP contribution in [-0.4, -0.2) is 15.0 Å². The van der Waals surface area contributed by atoms with Gasteiger partial charge in [-0.1, -0.05) is 12.1 Å². The summed E-state index contributed by atoms with van der Waals surface area (Å²) in [6.07, 6.45) is 3.55. The molecular formula is C12H10N4S. The van der Waals surface area contributed by atoms with E-state index in [9.17, 15) is 0 Å². The summed E-state index contributed by atoms with van der Waals surface area (Å²) in [7, 11) is 0. The highest BCUT2D eigenvalue weighted by Crippen LogP contribution is 2.12. The Balaban J connectivity index is 1.81. The molecule has 5 heteroatoms. The fourth-order valence-electron chi connectivity index (χ4n) is 1.55. The molecule has 0 spiro atoms. The van der Waals surface area contributed by atoms with Gasteiger partial charge in [-0.05, 0) is 12.1 Å². The molecule has 0 atom stereocenters. The van der Waals surface area contributed by atoms with Gasteiger partial charge in [0.1, 0.15) is 10.8 Å². The third kappa shape index (κ3) is 2.24. The molecule has 2 aromatic heterocycles. The van der Waals surface area contributed by atoms with Crippen molar-refractivity contribution in [3.63, 3.8) is 0 Å². The first-order valence-electron chi connectivity index (χ1n) is 5.26. The summed E-state index contributed by atoms with van der Waals surface area (Å²) >= 11 is 1.62. The fourth-order valence-corrected chi connectivity index (χ4v) is 2.10. The van der Waals surface area contributed by atoms with Crippen LogP contribution in [0.2, 0.25) is 0 Å². The Morgan fingerprint density at radius 1 is 1.12 bits per heavy atom.